The molecular formula is C17H23N3O3. The zero-order valence-corrected chi connectivity index (χ0v) is 13.4. The molecule has 1 amide bonds. The number of hydrogen-bond acceptors (Lipinski definition) is 3. The molecule has 0 atom stereocenters. The molecule has 0 unspecified atom stereocenters. The molecule has 1 heterocycles. The number of aliphatic hydroxyl groups is 1. The molecule has 1 aliphatic rings. The highest BCUT2D eigenvalue weighted by molar-refractivity contribution is 5.81. The predicted molar refractivity (Wildman–Crippen MR) is 88.2 cm³/mol. The fourth-order valence-corrected chi connectivity index (χ4v) is 3.42. The van der Waals surface area contributed by atoms with Gasteiger partial charge in [0.25, 0.3) is 0 Å². The van der Waals surface area contributed by atoms with Crippen LogP contribution in [0.5, 0.6) is 0 Å². The molecule has 1 saturated carbocycles. The van der Waals surface area contributed by atoms with E-state index >= 15 is 0 Å². The highest BCUT2D eigenvalue weighted by Crippen LogP contribution is 2.23. The molecule has 23 heavy (non-hydrogen) atoms. The Morgan fingerprint density at radius 1 is 1.22 bits per heavy atom. The largest absolute Gasteiger partial charge is 0.396 e. The number of carbonyl (C=O) groups excluding carboxylic acids is 1. The van der Waals surface area contributed by atoms with Crippen molar-refractivity contribution < 1.29 is 9.90 Å². The number of amides is 1. The Kier molecular flexibility index (Phi) is 4.52. The second kappa shape index (κ2) is 6.58. The van der Waals surface area contributed by atoms with E-state index in [1.807, 2.05) is 24.3 Å². The van der Waals surface area contributed by atoms with Gasteiger partial charge in [-0.1, -0.05) is 12.1 Å². The number of fused-ring (bicyclic) bond motifs is 1. The maximum absolute atomic E-state index is 12.3. The Morgan fingerprint density at radius 2 is 1.87 bits per heavy atom. The van der Waals surface area contributed by atoms with Gasteiger partial charge >= 0.3 is 5.69 Å². The zero-order chi connectivity index (χ0) is 16.4. The minimum atomic E-state index is -0.176. The molecule has 0 aliphatic heterocycles. The lowest BCUT2D eigenvalue weighted by Gasteiger charge is -2.27. The monoisotopic (exact) mass is 317 g/mol. The first-order valence-electron chi connectivity index (χ1n) is 8.14. The van der Waals surface area contributed by atoms with Crippen LogP contribution >= 0.6 is 0 Å². The fourth-order valence-electron chi connectivity index (χ4n) is 3.42. The smallest absolute Gasteiger partial charge is 0.329 e. The predicted octanol–water partition coefficient (Wildman–Crippen LogP) is 1.01. The Labute approximate surface area is 134 Å². The van der Waals surface area contributed by atoms with E-state index in [0.29, 0.717) is 5.92 Å². The van der Waals surface area contributed by atoms with Crippen molar-refractivity contribution in [1.82, 2.24) is 14.5 Å². The molecule has 6 nitrogen and oxygen atoms in total. The van der Waals surface area contributed by atoms with E-state index in [0.717, 1.165) is 36.7 Å². The first-order chi connectivity index (χ1) is 11.1. The molecule has 0 bridgehead atoms. The van der Waals surface area contributed by atoms with E-state index in [1.165, 1.54) is 4.57 Å². The summed E-state index contributed by atoms with van der Waals surface area (Å²) in [5, 5.41) is 12.2. The van der Waals surface area contributed by atoms with Crippen LogP contribution in [0.15, 0.2) is 29.1 Å². The van der Waals surface area contributed by atoms with E-state index in [4.69, 9.17) is 5.11 Å². The number of benzene rings is 1. The summed E-state index contributed by atoms with van der Waals surface area (Å²) in [6.07, 6.45) is 3.66. The number of aromatic nitrogens is 2. The summed E-state index contributed by atoms with van der Waals surface area (Å²) >= 11 is 0. The van der Waals surface area contributed by atoms with Gasteiger partial charge in [0.2, 0.25) is 5.91 Å². The molecule has 6 heteroatoms. The third-order valence-electron chi connectivity index (χ3n) is 4.82. The van der Waals surface area contributed by atoms with Gasteiger partial charge in [0.05, 0.1) is 11.0 Å². The number of carbonyl (C=O) groups is 1. The Morgan fingerprint density at radius 3 is 2.52 bits per heavy atom. The summed E-state index contributed by atoms with van der Waals surface area (Å²) in [6, 6.07) is 7.63. The lowest BCUT2D eigenvalue weighted by atomic mass is 9.86. The number of imidazole rings is 1. The Hall–Kier alpha value is -2.08. The normalized spacial score (nSPS) is 21.5. The highest BCUT2D eigenvalue weighted by atomic mass is 16.3. The Bertz CT molecular complexity index is 754. The summed E-state index contributed by atoms with van der Waals surface area (Å²) in [7, 11) is 1.72. The van der Waals surface area contributed by atoms with E-state index in [9.17, 15) is 9.59 Å². The van der Waals surface area contributed by atoms with E-state index < -0.39 is 0 Å². The van der Waals surface area contributed by atoms with Gasteiger partial charge in [0.15, 0.2) is 0 Å². The first-order valence-corrected chi connectivity index (χ1v) is 8.14. The van der Waals surface area contributed by atoms with Crippen LogP contribution in [0.2, 0.25) is 0 Å². The fraction of sp³-hybridized carbons (Fsp3) is 0.529. The number of aliphatic hydroxyl groups excluding tert-OH is 1. The summed E-state index contributed by atoms with van der Waals surface area (Å²) in [5.74, 6) is 0.236. The van der Waals surface area contributed by atoms with Crippen LogP contribution in [-0.2, 0) is 18.4 Å². The minimum Gasteiger partial charge on any atom is -0.396 e. The summed E-state index contributed by atoms with van der Waals surface area (Å²) in [4.78, 5) is 24.6. The zero-order valence-electron chi connectivity index (χ0n) is 13.4. The van der Waals surface area contributed by atoms with Gasteiger partial charge in [-0.05, 0) is 43.7 Å². The highest BCUT2D eigenvalue weighted by Gasteiger charge is 2.22. The maximum atomic E-state index is 12.3. The molecule has 1 aromatic heterocycles. The van der Waals surface area contributed by atoms with E-state index in [-0.39, 0.29) is 30.8 Å². The van der Waals surface area contributed by atoms with Crippen molar-refractivity contribution in [3.63, 3.8) is 0 Å². The van der Waals surface area contributed by atoms with Gasteiger partial charge in [0, 0.05) is 19.7 Å². The summed E-state index contributed by atoms with van der Waals surface area (Å²) in [5.41, 5.74) is 1.43. The molecule has 1 aromatic carbocycles. The quantitative estimate of drug-likeness (QED) is 0.883. The average Bonchev–Trinajstić information content (AvgIpc) is 2.81. The van der Waals surface area contributed by atoms with Gasteiger partial charge in [-0.2, -0.15) is 0 Å². The molecule has 2 aromatic rings. The topological polar surface area (TPSA) is 76.3 Å². The van der Waals surface area contributed by atoms with E-state index in [2.05, 4.69) is 5.32 Å². The SMILES string of the molecule is Cn1c(=O)n(CC(=O)NC2CCC(CO)CC2)c2ccccc21. The minimum absolute atomic E-state index is 0.0418. The number of para-hydroxylation sites is 2. The van der Waals surface area contributed by atoms with Gasteiger partial charge < -0.3 is 10.4 Å². The standard InChI is InChI=1S/C17H23N3O3/c1-19-14-4-2-3-5-15(14)20(17(19)23)10-16(22)18-13-8-6-12(11-21)7-9-13/h2-5,12-13,21H,6-11H2,1H3,(H,18,22). The van der Waals surface area contributed by atoms with Gasteiger partial charge in [-0.15, -0.1) is 0 Å². The lowest BCUT2D eigenvalue weighted by molar-refractivity contribution is -0.122. The van der Waals surface area contributed by atoms with Crippen LogP contribution in [0, 0.1) is 5.92 Å². The summed E-state index contributed by atoms with van der Waals surface area (Å²) < 4.78 is 3.08. The molecule has 1 fully saturated rings. The number of rotatable bonds is 4. The maximum Gasteiger partial charge on any atom is 0.329 e. The van der Waals surface area contributed by atoms with Crippen molar-refractivity contribution in [2.24, 2.45) is 13.0 Å². The average molecular weight is 317 g/mol. The molecule has 0 saturated heterocycles. The van der Waals surface area contributed by atoms with Gasteiger partial charge in [-0.25, -0.2) is 4.79 Å². The molecule has 2 N–H and O–H groups in total. The third kappa shape index (κ3) is 3.17. The second-order valence-corrected chi connectivity index (χ2v) is 6.38. The second-order valence-electron chi connectivity index (χ2n) is 6.38. The number of nitrogens with zero attached hydrogens (tertiary/aromatic N) is 2. The number of hydrogen-bond donors (Lipinski definition) is 2. The van der Waals surface area contributed by atoms with Crippen molar-refractivity contribution in [2.75, 3.05) is 6.61 Å². The number of aryl methyl sites for hydroxylation is 1. The van der Waals surface area contributed by atoms with Gasteiger partial charge in [0.1, 0.15) is 6.54 Å². The van der Waals surface area contributed by atoms with Crippen molar-refractivity contribution >= 4 is 16.9 Å². The molecule has 0 radical (unpaired) electrons. The van der Waals surface area contributed by atoms with Crippen LogP contribution in [0.3, 0.4) is 0 Å². The third-order valence-corrected chi connectivity index (χ3v) is 4.82. The van der Waals surface area contributed by atoms with Gasteiger partial charge in [-0.3, -0.25) is 13.9 Å². The van der Waals surface area contributed by atoms with Crippen LogP contribution in [0.1, 0.15) is 25.7 Å². The molecule has 0 spiro atoms. The molecule has 1 aliphatic carbocycles. The first kappa shape index (κ1) is 15.8. The number of nitrogens with one attached hydrogen (secondary N) is 1. The van der Waals surface area contributed by atoms with Crippen molar-refractivity contribution in [3.05, 3.63) is 34.7 Å². The van der Waals surface area contributed by atoms with Crippen LogP contribution < -0.4 is 11.0 Å². The van der Waals surface area contributed by atoms with Crippen molar-refractivity contribution in [3.8, 4) is 0 Å². The molecule has 3 rings (SSSR count). The van der Waals surface area contributed by atoms with Crippen LogP contribution in [0.25, 0.3) is 11.0 Å². The lowest BCUT2D eigenvalue weighted by Crippen LogP contribution is -2.41. The van der Waals surface area contributed by atoms with Crippen molar-refractivity contribution in [2.45, 2.75) is 38.3 Å². The summed E-state index contributed by atoms with van der Waals surface area (Å²) in [6.45, 7) is 0.270. The molecular weight excluding hydrogens is 294 g/mol. The van der Waals surface area contributed by atoms with E-state index in [1.54, 1.807) is 11.6 Å². The van der Waals surface area contributed by atoms with Crippen LogP contribution in [-0.4, -0.2) is 32.8 Å². The molecule has 124 valence electrons. The Balaban J connectivity index is 1.69. The van der Waals surface area contributed by atoms with Crippen LogP contribution in [0.4, 0.5) is 0 Å². The van der Waals surface area contributed by atoms with Crippen molar-refractivity contribution in [1.29, 1.82) is 0 Å².